The van der Waals surface area contributed by atoms with Crippen molar-refractivity contribution in [3.05, 3.63) is 18.2 Å². The Balaban J connectivity index is 2.02. The Labute approximate surface area is 142 Å². The summed E-state index contributed by atoms with van der Waals surface area (Å²) in [5.41, 5.74) is -0.484. The molecule has 0 N–H and O–H groups in total. The van der Waals surface area contributed by atoms with E-state index in [9.17, 15) is 4.79 Å². The summed E-state index contributed by atoms with van der Waals surface area (Å²) in [5.74, 6) is 1.90. The molecule has 1 amide bonds. The monoisotopic (exact) mass is 342 g/mol. The fourth-order valence-corrected chi connectivity index (χ4v) is 2.93. The van der Waals surface area contributed by atoms with E-state index in [1.807, 2.05) is 31.5 Å². The molecule has 0 spiro atoms. The quantitative estimate of drug-likeness (QED) is 0.452. The zero-order valence-electron chi connectivity index (χ0n) is 14.5. The highest BCUT2D eigenvalue weighted by atomic mass is 32.2. The minimum atomic E-state index is -0.484. The first-order chi connectivity index (χ1) is 10.9. The third-order valence-electron chi connectivity index (χ3n) is 3.62. The molecule has 1 aliphatic rings. The molecule has 0 radical (unpaired) electrons. The zero-order valence-corrected chi connectivity index (χ0v) is 15.4. The molecular formula is C16H28N3O3S+. The van der Waals surface area contributed by atoms with Gasteiger partial charge in [-0.2, -0.15) is 0 Å². The van der Waals surface area contributed by atoms with Crippen LogP contribution < -0.4 is 0 Å². The molecule has 7 heteroatoms. The predicted octanol–water partition coefficient (Wildman–Crippen LogP) is 2.37. The maximum Gasteiger partial charge on any atom is 0.410 e. The van der Waals surface area contributed by atoms with Gasteiger partial charge >= 0.3 is 6.09 Å². The average Bonchev–Trinajstić information content (AvgIpc) is 3.09. The molecule has 0 bridgehead atoms. The number of rotatable bonds is 6. The predicted molar refractivity (Wildman–Crippen MR) is 92.6 cm³/mol. The van der Waals surface area contributed by atoms with Gasteiger partial charge in [0, 0.05) is 18.9 Å². The lowest BCUT2D eigenvalue weighted by atomic mass is 10.2. The molecule has 1 aromatic heterocycles. The van der Waals surface area contributed by atoms with Gasteiger partial charge in [-0.3, -0.25) is 4.90 Å². The number of imidazole rings is 1. The highest BCUT2D eigenvalue weighted by Gasteiger charge is 2.35. The van der Waals surface area contributed by atoms with Crippen molar-refractivity contribution < 1.29 is 14.3 Å². The summed E-state index contributed by atoms with van der Waals surface area (Å²) in [4.78, 5) is 18.7. The standard InChI is InChI=1S/C16H27N3O3S/c1-16(2,3)22-15(20)19-8-5-6-13(19)14-17-7-9-18(14)12-21-10-11-23-4/h7,9,13H,5-6,8,10-12H2,1-4H3/p+1/t13-/m0/s1. The Kier molecular flexibility index (Phi) is 6.35. The summed E-state index contributed by atoms with van der Waals surface area (Å²) in [6.45, 7) is 7.58. The largest absolute Gasteiger partial charge is 0.444 e. The van der Waals surface area contributed by atoms with Crippen LogP contribution in [0.25, 0.3) is 0 Å². The average molecular weight is 342 g/mol. The molecule has 130 valence electrons. The Bertz CT molecular complexity index is 513. The van der Waals surface area contributed by atoms with Crippen LogP contribution in [0.3, 0.4) is 0 Å². The molecule has 0 saturated carbocycles. The molecule has 0 aromatic carbocycles. The lowest BCUT2D eigenvalue weighted by Crippen LogP contribution is -2.37. The summed E-state index contributed by atoms with van der Waals surface area (Å²) in [6.07, 6.45) is 7.40. The fourth-order valence-electron chi connectivity index (χ4n) is 2.62. The molecule has 0 aliphatic carbocycles. The first-order valence-electron chi connectivity index (χ1n) is 8.06. The highest BCUT2D eigenvalue weighted by Crippen LogP contribution is 2.32. The van der Waals surface area contributed by atoms with Gasteiger partial charge in [-0.1, -0.05) is 0 Å². The lowest BCUT2D eigenvalue weighted by Gasteiger charge is -2.28. The van der Waals surface area contributed by atoms with E-state index >= 15 is 0 Å². The Hall–Kier alpha value is -1.21. The normalized spacial score (nSPS) is 18.4. The number of ether oxygens (including phenoxy) is 2. The van der Waals surface area contributed by atoms with Gasteiger partial charge < -0.3 is 14.0 Å². The van der Waals surface area contributed by atoms with Gasteiger partial charge in [-0.15, -0.1) is 0 Å². The van der Waals surface area contributed by atoms with Gasteiger partial charge in [0.25, 0.3) is 0 Å². The topological polar surface area (TPSA) is 56.6 Å². The van der Waals surface area contributed by atoms with Crippen molar-refractivity contribution in [1.29, 1.82) is 0 Å². The number of aromatic nitrogens is 2. The van der Waals surface area contributed by atoms with Crippen LogP contribution in [-0.2, 0) is 28.0 Å². The van der Waals surface area contributed by atoms with E-state index in [2.05, 4.69) is 11.2 Å². The number of amides is 1. The second kappa shape index (κ2) is 8.06. The number of likely N-dealkylation sites (tertiary alicyclic amines) is 1. The van der Waals surface area contributed by atoms with Crippen molar-refractivity contribution >= 4 is 17.9 Å². The van der Waals surface area contributed by atoms with Crippen LogP contribution in [0.5, 0.6) is 0 Å². The number of carbonyl (C=O) groups is 1. The van der Waals surface area contributed by atoms with E-state index < -0.39 is 5.60 Å². The number of thiol groups is 1. The van der Waals surface area contributed by atoms with Crippen molar-refractivity contribution in [2.45, 2.75) is 52.0 Å². The molecule has 0 unspecified atom stereocenters. The molecule has 23 heavy (non-hydrogen) atoms. The van der Waals surface area contributed by atoms with Gasteiger partial charge in [0.15, 0.2) is 0 Å². The van der Waals surface area contributed by atoms with Crippen LogP contribution in [0.15, 0.2) is 12.4 Å². The molecule has 1 saturated heterocycles. The minimum absolute atomic E-state index is 0.0345. The summed E-state index contributed by atoms with van der Waals surface area (Å²) < 4.78 is 13.2. The second-order valence-electron chi connectivity index (χ2n) is 6.66. The van der Waals surface area contributed by atoms with Gasteiger partial charge in [-0.05, 0) is 45.4 Å². The van der Waals surface area contributed by atoms with E-state index in [0.717, 1.165) is 31.0 Å². The molecule has 2 rings (SSSR count). The zero-order chi connectivity index (χ0) is 16.9. The molecular weight excluding hydrogens is 314 g/mol. The molecule has 6 nitrogen and oxygen atoms in total. The van der Waals surface area contributed by atoms with Crippen molar-refractivity contribution in [1.82, 2.24) is 14.5 Å². The van der Waals surface area contributed by atoms with E-state index in [1.54, 1.807) is 11.1 Å². The third kappa shape index (κ3) is 5.14. The van der Waals surface area contributed by atoms with Crippen LogP contribution in [0.1, 0.15) is 45.5 Å². The summed E-state index contributed by atoms with van der Waals surface area (Å²) in [6, 6.07) is -0.0345. The molecule has 1 aliphatic heterocycles. The molecule has 1 fully saturated rings. The molecule has 2 heterocycles. The molecule has 1 aromatic rings. The van der Waals surface area contributed by atoms with Crippen molar-refractivity contribution in [2.24, 2.45) is 0 Å². The number of carbonyl (C=O) groups excluding carboxylic acids is 1. The molecule has 1 atom stereocenters. The van der Waals surface area contributed by atoms with Crippen LogP contribution in [0, 0.1) is 0 Å². The van der Waals surface area contributed by atoms with Crippen LogP contribution in [0.4, 0.5) is 4.79 Å². The fraction of sp³-hybridized carbons (Fsp3) is 0.750. The van der Waals surface area contributed by atoms with E-state index in [1.165, 1.54) is 11.8 Å². The van der Waals surface area contributed by atoms with E-state index in [4.69, 9.17) is 9.47 Å². The summed E-state index contributed by atoms with van der Waals surface area (Å²) >= 11 is 1.33. The SMILES string of the molecule is C[SH+]CCOCn1ccnc1[C@@H]1CCCN1C(=O)OC(C)(C)C. The maximum atomic E-state index is 12.4. The maximum absolute atomic E-state index is 12.4. The first kappa shape index (κ1) is 18.1. The summed E-state index contributed by atoms with van der Waals surface area (Å²) in [5, 5.41) is 0. The Morgan fingerprint density at radius 1 is 1.48 bits per heavy atom. The number of hydrogen-bond donors (Lipinski definition) is 0. The van der Waals surface area contributed by atoms with Crippen LogP contribution >= 0.6 is 0 Å². The Morgan fingerprint density at radius 3 is 2.96 bits per heavy atom. The van der Waals surface area contributed by atoms with Gasteiger partial charge in [0.1, 0.15) is 23.9 Å². The summed E-state index contributed by atoms with van der Waals surface area (Å²) in [7, 11) is 0. The highest BCUT2D eigenvalue weighted by molar-refractivity contribution is 7.77. The van der Waals surface area contributed by atoms with Crippen molar-refractivity contribution in [3.8, 4) is 0 Å². The lowest BCUT2D eigenvalue weighted by molar-refractivity contribution is 0.0204. The van der Waals surface area contributed by atoms with E-state index in [-0.39, 0.29) is 12.1 Å². The number of nitrogens with zero attached hydrogens (tertiary/aromatic N) is 3. The van der Waals surface area contributed by atoms with E-state index in [0.29, 0.717) is 13.3 Å². The van der Waals surface area contributed by atoms with Crippen molar-refractivity contribution in [3.63, 3.8) is 0 Å². The smallest absolute Gasteiger partial charge is 0.410 e. The van der Waals surface area contributed by atoms with Gasteiger partial charge in [-0.25, -0.2) is 9.78 Å². The Morgan fingerprint density at radius 2 is 2.26 bits per heavy atom. The second-order valence-corrected chi connectivity index (χ2v) is 7.74. The van der Waals surface area contributed by atoms with Crippen molar-refractivity contribution in [2.75, 3.05) is 25.2 Å². The minimum Gasteiger partial charge on any atom is -0.444 e. The van der Waals surface area contributed by atoms with Gasteiger partial charge in [0.2, 0.25) is 0 Å². The number of hydrogen-bond acceptors (Lipinski definition) is 4. The first-order valence-corrected chi connectivity index (χ1v) is 9.59. The van der Waals surface area contributed by atoms with Crippen LogP contribution in [0.2, 0.25) is 0 Å². The third-order valence-corrected chi connectivity index (χ3v) is 4.25. The van der Waals surface area contributed by atoms with Crippen LogP contribution in [-0.4, -0.2) is 51.3 Å². The van der Waals surface area contributed by atoms with Gasteiger partial charge in [0.05, 0.1) is 18.9 Å².